The van der Waals surface area contributed by atoms with Crippen molar-refractivity contribution in [1.82, 2.24) is 10.2 Å². The highest BCUT2D eigenvalue weighted by Gasteiger charge is 2.39. The number of halogens is 1. The van der Waals surface area contributed by atoms with Crippen molar-refractivity contribution in [3.05, 3.63) is 29.8 Å². The Bertz CT molecular complexity index is 617. The fourth-order valence-electron chi connectivity index (χ4n) is 4.38. The Labute approximate surface area is 180 Å². The highest BCUT2D eigenvalue weighted by Crippen LogP contribution is 2.43. The topological polar surface area (TPSA) is 57.1 Å². The number of aliphatic hydroxyl groups excluding tert-OH is 1. The lowest BCUT2D eigenvalue weighted by Crippen LogP contribution is -2.41. The summed E-state index contributed by atoms with van der Waals surface area (Å²) in [5, 5.41) is 13.9. The van der Waals surface area contributed by atoms with Gasteiger partial charge in [-0.15, -0.1) is 24.0 Å². The molecule has 0 bridgehead atoms. The third kappa shape index (κ3) is 5.73. The molecule has 0 amide bonds. The van der Waals surface area contributed by atoms with Gasteiger partial charge in [-0.3, -0.25) is 4.99 Å². The van der Waals surface area contributed by atoms with Crippen LogP contribution >= 0.6 is 24.0 Å². The number of ether oxygens (including phenoxy) is 1. The number of rotatable bonds is 5. The van der Waals surface area contributed by atoms with Crippen LogP contribution in [-0.4, -0.2) is 49.3 Å². The fraction of sp³-hybridized carbons (Fsp3) is 0.667. The van der Waals surface area contributed by atoms with E-state index in [1.54, 1.807) is 7.11 Å². The first-order valence-electron chi connectivity index (χ1n) is 10.0. The second-order valence-corrected chi connectivity index (χ2v) is 7.72. The quantitative estimate of drug-likeness (QED) is 0.375. The number of hydrogen-bond acceptors (Lipinski definition) is 3. The Morgan fingerprint density at radius 2 is 2.07 bits per heavy atom. The number of benzene rings is 1. The molecule has 2 N–H and O–H groups in total. The second-order valence-electron chi connectivity index (χ2n) is 7.72. The van der Waals surface area contributed by atoms with E-state index in [1.807, 2.05) is 24.3 Å². The van der Waals surface area contributed by atoms with Crippen LogP contribution in [0, 0.1) is 5.41 Å². The van der Waals surface area contributed by atoms with E-state index in [4.69, 9.17) is 9.73 Å². The van der Waals surface area contributed by atoms with Gasteiger partial charge in [0.1, 0.15) is 5.75 Å². The average molecular weight is 487 g/mol. The smallest absolute Gasteiger partial charge is 0.194 e. The maximum Gasteiger partial charge on any atom is 0.194 e. The molecular weight excluding hydrogens is 453 g/mol. The number of hydrogen-bond donors (Lipinski definition) is 2. The number of aliphatic imine (C=N–C) groups is 1. The summed E-state index contributed by atoms with van der Waals surface area (Å²) < 4.78 is 5.25. The van der Waals surface area contributed by atoms with Crippen molar-refractivity contribution in [3.8, 4) is 5.75 Å². The molecule has 2 aliphatic rings. The fourth-order valence-corrected chi connectivity index (χ4v) is 4.38. The first kappa shape index (κ1) is 22.3. The van der Waals surface area contributed by atoms with Gasteiger partial charge in [0.2, 0.25) is 0 Å². The van der Waals surface area contributed by atoms with Gasteiger partial charge in [-0.25, -0.2) is 0 Å². The molecule has 1 aromatic carbocycles. The Balaban J connectivity index is 0.00000261. The van der Waals surface area contributed by atoms with Crippen molar-refractivity contribution in [2.75, 3.05) is 33.3 Å². The number of aliphatic hydroxyl groups is 1. The number of guanidine groups is 1. The molecule has 1 aliphatic heterocycles. The molecule has 152 valence electrons. The number of methoxy groups -OCH3 is 1. The van der Waals surface area contributed by atoms with Crippen LogP contribution in [0.5, 0.6) is 5.75 Å². The van der Waals surface area contributed by atoms with Crippen LogP contribution in [0.2, 0.25) is 0 Å². The van der Waals surface area contributed by atoms with Gasteiger partial charge >= 0.3 is 0 Å². The summed E-state index contributed by atoms with van der Waals surface area (Å²) in [6.45, 7) is 5.48. The van der Waals surface area contributed by atoms with Crippen LogP contribution in [0.3, 0.4) is 0 Å². The molecule has 5 nitrogen and oxygen atoms in total. The lowest BCUT2D eigenvalue weighted by atomic mass is 9.73. The third-order valence-corrected chi connectivity index (χ3v) is 5.88. The van der Waals surface area contributed by atoms with Gasteiger partial charge in [0.15, 0.2) is 5.96 Å². The highest BCUT2D eigenvalue weighted by atomic mass is 127. The maximum atomic E-state index is 10.5. The summed E-state index contributed by atoms with van der Waals surface area (Å²) >= 11 is 0. The molecule has 1 spiro atoms. The van der Waals surface area contributed by atoms with Crippen LogP contribution in [0.4, 0.5) is 0 Å². The van der Waals surface area contributed by atoms with Gasteiger partial charge in [0, 0.05) is 19.6 Å². The van der Waals surface area contributed by atoms with E-state index in [-0.39, 0.29) is 24.0 Å². The third-order valence-electron chi connectivity index (χ3n) is 5.88. The molecule has 6 heteroatoms. The standard InChI is InChI=1S/C21H33N3O2.HI/c1-3-22-20(24-13-12-21(16-24)10-5-4-6-11-21)23-15-19(25)17-8-7-9-18(14-17)26-2;/h7-9,14,19,25H,3-6,10-13,15-16H2,1-2H3,(H,22,23);1H. The van der Waals surface area contributed by atoms with Crippen molar-refractivity contribution in [2.45, 2.75) is 51.6 Å². The van der Waals surface area contributed by atoms with E-state index in [2.05, 4.69) is 17.1 Å². The maximum absolute atomic E-state index is 10.5. The van der Waals surface area contributed by atoms with E-state index in [0.29, 0.717) is 12.0 Å². The van der Waals surface area contributed by atoms with Gasteiger partial charge < -0.3 is 20.1 Å². The van der Waals surface area contributed by atoms with E-state index < -0.39 is 6.10 Å². The minimum Gasteiger partial charge on any atom is -0.497 e. The number of nitrogens with one attached hydrogen (secondary N) is 1. The van der Waals surface area contributed by atoms with Crippen LogP contribution in [0.15, 0.2) is 29.3 Å². The van der Waals surface area contributed by atoms with Crippen LogP contribution in [0.1, 0.15) is 57.1 Å². The zero-order chi connectivity index (χ0) is 18.4. The summed E-state index contributed by atoms with van der Waals surface area (Å²) in [4.78, 5) is 7.14. The molecule has 27 heavy (non-hydrogen) atoms. The minimum absolute atomic E-state index is 0. The number of likely N-dealkylation sites (tertiary alicyclic amines) is 1. The summed E-state index contributed by atoms with van der Waals surface area (Å²) in [5.41, 5.74) is 1.34. The molecule has 1 unspecified atom stereocenters. The SMILES string of the molecule is CCNC(=NCC(O)c1cccc(OC)c1)N1CCC2(CCCCC2)C1.I. The van der Waals surface area contributed by atoms with Crippen molar-refractivity contribution < 1.29 is 9.84 Å². The summed E-state index contributed by atoms with van der Waals surface area (Å²) in [6.07, 6.45) is 7.50. The zero-order valence-electron chi connectivity index (χ0n) is 16.6. The van der Waals surface area contributed by atoms with Gasteiger partial charge in [-0.2, -0.15) is 0 Å². The first-order valence-corrected chi connectivity index (χ1v) is 10.0. The normalized spacial score (nSPS) is 20.3. The van der Waals surface area contributed by atoms with Crippen LogP contribution < -0.4 is 10.1 Å². The Kier molecular flexibility index (Phi) is 8.66. The summed E-state index contributed by atoms with van der Waals surface area (Å²) in [5.74, 6) is 1.70. The highest BCUT2D eigenvalue weighted by molar-refractivity contribution is 14.0. The lowest BCUT2D eigenvalue weighted by molar-refractivity contribution is 0.185. The van der Waals surface area contributed by atoms with Crippen molar-refractivity contribution in [3.63, 3.8) is 0 Å². The summed E-state index contributed by atoms with van der Waals surface area (Å²) in [6, 6.07) is 7.58. The largest absolute Gasteiger partial charge is 0.497 e. The van der Waals surface area contributed by atoms with Gasteiger partial charge in [0.25, 0.3) is 0 Å². The molecule has 2 fully saturated rings. The second kappa shape index (κ2) is 10.5. The first-order chi connectivity index (χ1) is 12.7. The van der Waals surface area contributed by atoms with E-state index >= 15 is 0 Å². The predicted octanol–water partition coefficient (Wildman–Crippen LogP) is 3.97. The molecule has 1 saturated heterocycles. The molecule has 0 radical (unpaired) electrons. The van der Waals surface area contributed by atoms with Crippen LogP contribution in [0.25, 0.3) is 0 Å². The molecule has 0 aromatic heterocycles. The molecule has 1 atom stereocenters. The Hall–Kier alpha value is -1.02. The van der Waals surface area contributed by atoms with Crippen molar-refractivity contribution in [1.29, 1.82) is 0 Å². The van der Waals surface area contributed by atoms with E-state index in [0.717, 1.165) is 36.9 Å². The molecule has 1 saturated carbocycles. The van der Waals surface area contributed by atoms with Gasteiger partial charge in [-0.1, -0.05) is 31.4 Å². The molecular formula is C21H34IN3O2. The van der Waals surface area contributed by atoms with Crippen molar-refractivity contribution >= 4 is 29.9 Å². The zero-order valence-corrected chi connectivity index (χ0v) is 18.9. The Morgan fingerprint density at radius 1 is 1.30 bits per heavy atom. The summed E-state index contributed by atoms with van der Waals surface area (Å²) in [7, 11) is 1.64. The molecule has 1 aromatic rings. The molecule has 1 heterocycles. The molecule has 3 rings (SSSR count). The minimum atomic E-state index is -0.620. The van der Waals surface area contributed by atoms with E-state index in [9.17, 15) is 5.11 Å². The predicted molar refractivity (Wildman–Crippen MR) is 121 cm³/mol. The van der Waals surface area contributed by atoms with E-state index in [1.165, 1.54) is 38.5 Å². The monoisotopic (exact) mass is 487 g/mol. The van der Waals surface area contributed by atoms with Gasteiger partial charge in [-0.05, 0) is 49.3 Å². The molecule has 1 aliphatic carbocycles. The van der Waals surface area contributed by atoms with Crippen molar-refractivity contribution in [2.24, 2.45) is 10.4 Å². The lowest BCUT2D eigenvalue weighted by Gasteiger charge is -2.33. The number of nitrogens with zero attached hydrogens (tertiary/aromatic N) is 2. The Morgan fingerprint density at radius 3 is 2.78 bits per heavy atom. The van der Waals surface area contributed by atoms with Gasteiger partial charge in [0.05, 0.1) is 19.8 Å². The van der Waals surface area contributed by atoms with Crippen LogP contribution in [-0.2, 0) is 0 Å². The average Bonchev–Trinajstić information content (AvgIpc) is 3.08.